The molecule has 1 fully saturated rings. The van der Waals surface area contributed by atoms with Crippen LogP contribution in [0.1, 0.15) is 22.5 Å². The highest BCUT2D eigenvalue weighted by molar-refractivity contribution is 7.18. The zero-order chi connectivity index (χ0) is 14.5. The monoisotopic (exact) mass is 298 g/mol. The Morgan fingerprint density at radius 2 is 1.95 bits per heavy atom. The maximum Gasteiger partial charge on any atom is 0.178 e. The zero-order valence-electron chi connectivity index (χ0n) is 12.1. The van der Waals surface area contributed by atoms with Crippen molar-refractivity contribution >= 4 is 27.8 Å². The Morgan fingerprint density at radius 3 is 2.45 bits per heavy atom. The number of hydrogen-bond acceptors (Lipinski definition) is 6. The summed E-state index contributed by atoms with van der Waals surface area (Å²) in [5, 5.41) is 1.01. The van der Waals surface area contributed by atoms with Gasteiger partial charge in [-0.1, -0.05) is 0 Å². The lowest BCUT2D eigenvalue weighted by Gasteiger charge is -2.22. The van der Waals surface area contributed by atoms with Crippen LogP contribution >= 0.6 is 11.3 Å². The van der Waals surface area contributed by atoms with E-state index in [1.807, 2.05) is 6.07 Å². The normalized spacial score (nSPS) is 14.5. The highest BCUT2D eigenvalue weighted by Crippen LogP contribution is 2.39. The zero-order valence-corrected chi connectivity index (χ0v) is 12.9. The number of methoxy groups -OCH3 is 2. The van der Waals surface area contributed by atoms with Gasteiger partial charge in [-0.25, -0.2) is 0 Å². The first kappa shape index (κ1) is 15.3. The van der Waals surface area contributed by atoms with Crippen LogP contribution < -0.4 is 10.6 Å². The van der Waals surface area contributed by atoms with Gasteiger partial charge < -0.3 is 20.1 Å². The lowest BCUT2D eigenvalue weighted by Crippen LogP contribution is -2.29. The fourth-order valence-electron chi connectivity index (χ4n) is 2.01. The smallest absolute Gasteiger partial charge is 0.178 e. The van der Waals surface area contributed by atoms with Gasteiger partial charge in [0.05, 0.1) is 28.8 Å². The van der Waals surface area contributed by atoms with Crippen LogP contribution in [0.5, 0.6) is 0 Å². The first-order valence-corrected chi connectivity index (χ1v) is 7.65. The number of thiophene rings is 1. The number of nitrogens with zero attached hydrogens (tertiary/aromatic N) is 1. The number of anilines is 2. The van der Waals surface area contributed by atoms with Crippen molar-refractivity contribution in [1.29, 1.82) is 0 Å². The topological polar surface area (TPSA) is 64.8 Å². The Morgan fingerprint density at radius 1 is 1.35 bits per heavy atom. The number of carbonyl (C=O) groups excluding carboxylic acids is 1. The second kappa shape index (κ2) is 7.06. The van der Waals surface area contributed by atoms with E-state index in [0.29, 0.717) is 23.8 Å². The first-order chi connectivity index (χ1) is 9.67. The average molecular weight is 298 g/mol. The summed E-state index contributed by atoms with van der Waals surface area (Å²) in [6.07, 6.45) is 2.01. The average Bonchev–Trinajstić information content (AvgIpc) is 3.22. The summed E-state index contributed by atoms with van der Waals surface area (Å²) in [7, 11) is 3.36. The molecule has 0 bridgehead atoms. The summed E-state index contributed by atoms with van der Waals surface area (Å²) in [4.78, 5) is 15.0. The molecular formula is C14H22N2O3S. The molecular weight excluding hydrogens is 276 g/mol. The van der Waals surface area contributed by atoms with Crippen molar-refractivity contribution in [2.75, 3.05) is 51.2 Å². The molecule has 1 heterocycles. The molecule has 112 valence electrons. The molecule has 0 aromatic carbocycles. The Bertz CT molecular complexity index is 449. The van der Waals surface area contributed by atoms with Crippen LogP contribution in [0.25, 0.3) is 0 Å². The van der Waals surface area contributed by atoms with Gasteiger partial charge in [-0.15, -0.1) is 11.3 Å². The maximum atomic E-state index is 12.2. The minimum atomic E-state index is 0.204. The largest absolute Gasteiger partial charge is 0.397 e. The van der Waals surface area contributed by atoms with Gasteiger partial charge in [0, 0.05) is 33.2 Å². The SMILES string of the molecule is COCCN(CCOC)c1cc(N)c(C(=O)C2CC2)s1. The standard InChI is InChI=1S/C14H22N2O3S/c1-18-7-5-16(6-8-19-2)12-9-11(15)14(20-12)13(17)10-3-4-10/h9-10H,3-8,15H2,1-2H3. The van der Waals surface area contributed by atoms with E-state index in [0.717, 1.165) is 30.9 Å². The van der Waals surface area contributed by atoms with Gasteiger partial charge >= 0.3 is 0 Å². The Labute approximate surface area is 123 Å². The summed E-state index contributed by atoms with van der Waals surface area (Å²) in [5.41, 5.74) is 6.60. The van der Waals surface area contributed by atoms with E-state index in [2.05, 4.69) is 4.90 Å². The number of hydrogen-bond donors (Lipinski definition) is 1. The van der Waals surface area contributed by atoms with E-state index in [4.69, 9.17) is 15.2 Å². The minimum Gasteiger partial charge on any atom is -0.397 e. The summed E-state index contributed by atoms with van der Waals surface area (Å²) < 4.78 is 10.3. The van der Waals surface area contributed by atoms with E-state index in [-0.39, 0.29) is 11.7 Å². The molecule has 6 heteroatoms. The van der Waals surface area contributed by atoms with Crippen LogP contribution in [-0.4, -0.2) is 46.3 Å². The molecule has 1 aliphatic carbocycles. The van der Waals surface area contributed by atoms with Crippen LogP contribution in [0.15, 0.2) is 6.07 Å². The third-order valence-corrected chi connectivity index (χ3v) is 4.59. The molecule has 2 rings (SSSR count). The van der Waals surface area contributed by atoms with Crippen molar-refractivity contribution in [3.05, 3.63) is 10.9 Å². The fraction of sp³-hybridized carbons (Fsp3) is 0.643. The number of ketones is 1. The van der Waals surface area contributed by atoms with Crippen molar-refractivity contribution < 1.29 is 14.3 Å². The Kier molecular flexibility index (Phi) is 5.39. The third-order valence-electron chi connectivity index (χ3n) is 3.36. The van der Waals surface area contributed by atoms with Gasteiger partial charge in [0.1, 0.15) is 0 Å². The van der Waals surface area contributed by atoms with Crippen LogP contribution in [0.3, 0.4) is 0 Å². The molecule has 2 N–H and O–H groups in total. The van der Waals surface area contributed by atoms with Gasteiger partial charge in [-0.05, 0) is 18.9 Å². The van der Waals surface area contributed by atoms with E-state index in [1.165, 1.54) is 11.3 Å². The molecule has 1 saturated carbocycles. The number of carbonyl (C=O) groups is 1. The molecule has 1 aliphatic rings. The third kappa shape index (κ3) is 3.71. The molecule has 1 aromatic heterocycles. The van der Waals surface area contributed by atoms with Crippen molar-refractivity contribution in [3.8, 4) is 0 Å². The Hall–Kier alpha value is -1.11. The van der Waals surface area contributed by atoms with E-state index >= 15 is 0 Å². The van der Waals surface area contributed by atoms with Gasteiger partial charge in [-0.2, -0.15) is 0 Å². The summed E-state index contributed by atoms with van der Waals surface area (Å²) in [6.45, 7) is 2.79. The van der Waals surface area contributed by atoms with Crippen LogP contribution in [0.2, 0.25) is 0 Å². The van der Waals surface area contributed by atoms with Crippen molar-refractivity contribution in [1.82, 2.24) is 0 Å². The predicted octanol–water partition coefficient (Wildman–Crippen LogP) is 2.02. The minimum absolute atomic E-state index is 0.204. The lowest BCUT2D eigenvalue weighted by molar-refractivity contribution is 0.0972. The van der Waals surface area contributed by atoms with Crippen LogP contribution in [0, 0.1) is 5.92 Å². The van der Waals surface area contributed by atoms with Crippen LogP contribution in [-0.2, 0) is 9.47 Å². The number of ether oxygens (including phenoxy) is 2. The van der Waals surface area contributed by atoms with Gasteiger partial charge in [0.25, 0.3) is 0 Å². The summed E-state index contributed by atoms with van der Waals surface area (Å²) in [6, 6.07) is 1.89. The number of nitrogens with two attached hydrogens (primary N) is 1. The van der Waals surface area contributed by atoms with Crippen molar-refractivity contribution in [3.63, 3.8) is 0 Å². The molecule has 0 radical (unpaired) electrons. The molecule has 20 heavy (non-hydrogen) atoms. The second-order valence-electron chi connectivity index (χ2n) is 4.98. The number of nitrogen functional groups attached to an aromatic ring is 1. The number of rotatable bonds is 9. The summed E-state index contributed by atoms with van der Waals surface area (Å²) in [5.74, 6) is 0.410. The quantitative estimate of drug-likeness (QED) is 0.707. The molecule has 0 saturated heterocycles. The van der Waals surface area contributed by atoms with Crippen molar-refractivity contribution in [2.24, 2.45) is 5.92 Å². The summed E-state index contributed by atoms with van der Waals surface area (Å²) >= 11 is 1.49. The lowest BCUT2D eigenvalue weighted by atomic mass is 10.2. The van der Waals surface area contributed by atoms with Gasteiger partial charge in [0.2, 0.25) is 0 Å². The predicted molar refractivity (Wildman–Crippen MR) is 81.8 cm³/mol. The number of Topliss-reactive ketones (excluding diaryl/α,β-unsaturated/α-hetero) is 1. The molecule has 5 nitrogen and oxygen atoms in total. The maximum absolute atomic E-state index is 12.2. The first-order valence-electron chi connectivity index (χ1n) is 6.83. The molecule has 0 atom stereocenters. The molecule has 1 aromatic rings. The highest BCUT2D eigenvalue weighted by atomic mass is 32.1. The van der Waals surface area contributed by atoms with E-state index < -0.39 is 0 Å². The van der Waals surface area contributed by atoms with E-state index in [9.17, 15) is 4.79 Å². The van der Waals surface area contributed by atoms with E-state index in [1.54, 1.807) is 14.2 Å². The fourth-order valence-corrected chi connectivity index (χ4v) is 3.16. The van der Waals surface area contributed by atoms with Gasteiger partial charge in [0.15, 0.2) is 5.78 Å². The second-order valence-corrected chi connectivity index (χ2v) is 6.01. The molecule has 0 aliphatic heterocycles. The molecule has 0 spiro atoms. The Balaban J connectivity index is 2.10. The van der Waals surface area contributed by atoms with Crippen LogP contribution in [0.4, 0.5) is 10.7 Å². The molecule has 0 unspecified atom stereocenters. The highest BCUT2D eigenvalue weighted by Gasteiger charge is 2.33. The van der Waals surface area contributed by atoms with Gasteiger partial charge in [-0.3, -0.25) is 4.79 Å². The molecule has 0 amide bonds. The van der Waals surface area contributed by atoms with Crippen molar-refractivity contribution in [2.45, 2.75) is 12.8 Å².